The molecule has 1 saturated heterocycles. The van der Waals surface area contributed by atoms with Crippen LogP contribution in [0.2, 0.25) is 0 Å². The summed E-state index contributed by atoms with van der Waals surface area (Å²) in [5, 5.41) is -0.320. The van der Waals surface area contributed by atoms with Crippen LogP contribution in [-0.2, 0) is 15.9 Å². The fraction of sp³-hybridized carbons (Fsp3) is 0.308. The van der Waals surface area contributed by atoms with Gasteiger partial charge in [-0.1, -0.05) is 25.0 Å². The van der Waals surface area contributed by atoms with Crippen molar-refractivity contribution in [2.24, 2.45) is 5.92 Å². The van der Waals surface area contributed by atoms with E-state index in [9.17, 15) is 30.7 Å². The van der Waals surface area contributed by atoms with Gasteiger partial charge < -0.3 is 9.47 Å². The first-order valence-electron chi connectivity index (χ1n) is 10.7. The minimum Gasteiger partial charge on any atom is -0.352 e. The molecule has 1 heterocycles. The zero-order valence-electron chi connectivity index (χ0n) is 18.4. The van der Waals surface area contributed by atoms with Crippen molar-refractivity contribution in [2.45, 2.75) is 32.2 Å². The third-order valence-corrected chi connectivity index (χ3v) is 5.55. The third kappa shape index (κ3) is 5.77. The Kier molecular flexibility index (Phi) is 7.06. The Morgan fingerprint density at radius 2 is 1.57 bits per heavy atom. The second-order valence-electron chi connectivity index (χ2n) is 8.41. The summed E-state index contributed by atoms with van der Waals surface area (Å²) < 4.78 is 107. The summed E-state index contributed by atoms with van der Waals surface area (Å²) >= 11 is 0. The van der Waals surface area contributed by atoms with Gasteiger partial charge in [-0.2, -0.15) is 13.2 Å². The highest BCUT2D eigenvalue weighted by molar-refractivity contribution is 5.89. The van der Waals surface area contributed by atoms with Gasteiger partial charge in [-0.25, -0.2) is 17.6 Å². The molecule has 2 nitrogen and oxygen atoms in total. The number of hydrogen-bond acceptors (Lipinski definition) is 2. The molecule has 1 fully saturated rings. The molecule has 0 radical (unpaired) electrons. The summed E-state index contributed by atoms with van der Waals surface area (Å²) in [4.78, 5) is 0. The summed E-state index contributed by atoms with van der Waals surface area (Å²) in [7, 11) is 0. The largest absolute Gasteiger partial charge is 0.458 e. The molecule has 0 unspecified atom stereocenters. The minimum atomic E-state index is -4.92. The second kappa shape index (κ2) is 9.88. The van der Waals surface area contributed by atoms with E-state index >= 15 is 0 Å². The highest BCUT2D eigenvalue weighted by Gasteiger charge is 2.24. The maximum atomic E-state index is 14.9. The van der Waals surface area contributed by atoms with Crippen LogP contribution in [0.5, 0.6) is 0 Å². The second-order valence-corrected chi connectivity index (χ2v) is 8.41. The van der Waals surface area contributed by atoms with E-state index in [4.69, 9.17) is 9.47 Å². The molecule has 1 aliphatic rings. The average Bonchev–Trinajstić information content (AvgIpc) is 2.77. The van der Waals surface area contributed by atoms with Crippen LogP contribution in [0, 0.1) is 41.0 Å². The molecular weight excluding hydrogens is 477 g/mol. The van der Waals surface area contributed by atoms with Gasteiger partial charge in [0.2, 0.25) is 0 Å². The van der Waals surface area contributed by atoms with E-state index in [2.05, 4.69) is 0 Å². The van der Waals surface area contributed by atoms with Gasteiger partial charge in [0.25, 0.3) is 0 Å². The highest BCUT2D eigenvalue weighted by Crippen LogP contribution is 2.33. The Morgan fingerprint density at radius 1 is 0.914 bits per heavy atom. The van der Waals surface area contributed by atoms with Crippen molar-refractivity contribution in [3.8, 4) is 23.0 Å². The van der Waals surface area contributed by atoms with E-state index in [1.54, 1.807) is 0 Å². The maximum Gasteiger partial charge on any atom is 0.458 e. The lowest BCUT2D eigenvalue weighted by atomic mass is 9.96. The highest BCUT2D eigenvalue weighted by atomic mass is 19.4. The number of aryl methyl sites for hydroxylation is 1. The summed E-state index contributed by atoms with van der Waals surface area (Å²) in [6.07, 6.45) is -4.65. The van der Waals surface area contributed by atoms with E-state index in [-0.39, 0.29) is 22.3 Å². The first-order valence-corrected chi connectivity index (χ1v) is 10.7. The molecule has 0 saturated carbocycles. The zero-order valence-corrected chi connectivity index (χ0v) is 18.4. The SMILES string of the molecule is CC1COC(CCc2cc(F)c(-c3ccc4c(F)c(C#CC(F)(F)F)c(F)cc4c3)c(F)c2)OC1. The first kappa shape index (κ1) is 25.0. The van der Waals surface area contributed by atoms with E-state index in [1.165, 1.54) is 24.1 Å². The number of hydrogen-bond donors (Lipinski definition) is 0. The monoisotopic (exact) mass is 496 g/mol. The van der Waals surface area contributed by atoms with Gasteiger partial charge in [-0.3, -0.25) is 0 Å². The lowest BCUT2D eigenvalue weighted by Gasteiger charge is -2.27. The van der Waals surface area contributed by atoms with Crippen LogP contribution >= 0.6 is 0 Å². The normalized spacial score (nSPS) is 18.4. The molecule has 0 spiro atoms. The molecule has 0 bridgehead atoms. The van der Waals surface area contributed by atoms with Crippen molar-refractivity contribution in [3.63, 3.8) is 0 Å². The molecule has 0 aromatic heterocycles. The number of benzene rings is 3. The fourth-order valence-corrected chi connectivity index (χ4v) is 3.87. The van der Waals surface area contributed by atoms with Gasteiger partial charge in [0.1, 0.15) is 23.3 Å². The summed E-state index contributed by atoms with van der Waals surface area (Å²) in [5.74, 6) is -1.78. The van der Waals surface area contributed by atoms with Gasteiger partial charge in [0.15, 0.2) is 6.29 Å². The van der Waals surface area contributed by atoms with Gasteiger partial charge in [0.05, 0.1) is 24.3 Å². The molecular formula is C26H19F7O2. The first-order chi connectivity index (χ1) is 16.5. The Balaban J connectivity index is 1.61. The van der Waals surface area contributed by atoms with Crippen molar-refractivity contribution in [2.75, 3.05) is 13.2 Å². The van der Waals surface area contributed by atoms with Gasteiger partial charge in [-0.15, -0.1) is 0 Å². The predicted molar refractivity (Wildman–Crippen MR) is 115 cm³/mol. The Labute approximate surface area is 196 Å². The Bertz CT molecular complexity index is 1290. The molecule has 0 atom stereocenters. The van der Waals surface area contributed by atoms with E-state index in [1.807, 2.05) is 6.92 Å². The maximum absolute atomic E-state index is 14.9. The molecule has 0 aliphatic carbocycles. The van der Waals surface area contributed by atoms with Crippen molar-refractivity contribution >= 4 is 10.8 Å². The van der Waals surface area contributed by atoms with E-state index in [0.717, 1.165) is 24.1 Å². The number of ether oxygens (including phenoxy) is 2. The Morgan fingerprint density at radius 3 is 2.20 bits per heavy atom. The predicted octanol–water partition coefficient (Wildman–Crippen LogP) is 6.92. The molecule has 3 aromatic rings. The number of rotatable bonds is 4. The smallest absolute Gasteiger partial charge is 0.352 e. The van der Waals surface area contributed by atoms with Gasteiger partial charge >= 0.3 is 6.18 Å². The molecule has 1 aliphatic heterocycles. The van der Waals surface area contributed by atoms with Crippen LogP contribution in [-0.4, -0.2) is 25.7 Å². The molecule has 3 aromatic carbocycles. The van der Waals surface area contributed by atoms with Crippen LogP contribution in [0.1, 0.15) is 24.5 Å². The van der Waals surface area contributed by atoms with Gasteiger partial charge in [-0.05, 0) is 47.2 Å². The molecule has 9 heteroatoms. The quantitative estimate of drug-likeness (QED) is 0.289. The average molecular weight is 496 g/mol. The van der Waals surface area contributed by atoms with Crippen LogP contribution in [0.15, 0.2) is 36.4 Å². The number of fused-ring (bicyclic) bond motifs is 1. The Hall–Kier alpha value is -3.09. The number of alkyl halides is 3. The summed E-state index contributed by atoms with van der Waals surface area (Å²) in [6, 6.07) is 6.60. The zero-order chi connectivity index (χ0) is 25.3. The van der Waals surface area contributed by atoms with E-state index < -0.39 is 46.9 Å². The van der Waals surface area contributed by atoms with Crippen LogP contribution in [0.3, 0.4) is 0 Å². The molecule has 0 N–H and O–H groups in total. The van der Waals surface area contributed by atoms with Crippen LogP contribution in [0.25, 0.3) is 21.9 Å². The molecule has 184 valence electrons. The van der Waals surface area contributed by atoms with Gasteiger partial charge in [0, 0.05) is 23.6 Å². The van der Waals surface area contributed by atoms with E-state index in [0.29, 0.717) is 31.6 Å². The summed E-state index contributed by atoms with van der Waals surface area (Å²) in [5.41, 5.74) is -1.03. The van der Waals surface area contributed by atoms with Crippen molar-refractivity contribution in [3.05, 3.63) is 70.8 Å². The lowest BCUT2D eigenvalue weighted by Crippen LogP contribution is -2.30. The van der Waals surface area contributed by atoms with Crippen molar-refractivity contribution in [1.29, 1.82) is 0 Å². The molecule has 35 heavy (non-hydrogen) atoms. The van der Waals surface area contributed by atoms with Crippen LogP contribution < -0.4 is 0 Å². The third-order valence-electron chi connectivity index (χ3n) is 5.55. The standard InChI is InChI=1S/C26H19F7O2/c1-14-12-34-23(35-13-14)5-2-15-8-21(28)24(22(29)9-15)16-3-4-18-17(10-16)11-20(27)19(25(18)30)6-7-26(31,32)33/h3-4,8-11,14,23H,2,5,12-13H2,1H3. The summed E-state index contributed by atoms with van der Waals surface area (Å²) in [6.45, 7) is 3.08. The van der Waals surface area contributed by atoms with Crippen LogP contribution in [0.4, 0.5) is 30.7 Å². The lowest BCUT2D eigenvalue weighted by molar-refractivity contribution is -0.199. The topological polar surface area (TPSA) is 18.5 Å². The van der Waals surface area contributed by atoms with Crippen molar-refractivity contribution < 1.29 is 40.2 Å². The van der Waals surface area contributed by atoms with Crippen molar-refractivity contribution in [1.82, 2.24) is 0 Å². The molecule has 4 rings (SSSR count). The number of halogens is 7. The molecule has 0 amide bonds. The fourth-order valence-electron chi connectivity index (χ4n) is 3.87. The minimum absolute atomic E-state index is 0.0138.